The van der Waals surface area contributed by atoms with Crippen LogP contribution in [0.3, 0.4) is 0 Å². The summed E-state index contributed by atoms with van der Waals surface area (Å²) in [5.41, 5.74) is 8.75. The number of anilines is 1. The van der Waals surface area contributed by atoms with Crippen LogP contribution in [0.5, 0.6) is 0 Å². The zero-order valence-electron chi connectivity index (χ0n) is 18.2. The summed E-state index contributed by atoms with van der Waals surface area (Å²) in [5, 5.41) is 8.75. The Balaban J connectivity index is 1.77. The number of rotatable bonds is 9. The van der Waals surface area contributed by atoms with Crippen LogP contribution in [0.15, 0.2) is 40.8 Å². The summed E-state index contributed by atoms with van der Waals surface area (Å²) in [4.78, 5) is 0. The number of fused-ring (bicyclic) bond motifs is 1. The van der Waals surface area contributed by atoms with Crippen LogP contribution in [0.25, 0.3) is 22.3 Å². The van der Waals surface area contributed by atoms with E-state index in [4.69, 9.17) is 15.6 Å². The first-order chi connectivity index (χ1) is 15.1. The maximum atomic E-state index is 13.4. The molecule has 0 bridgehead atoms. The Kier molecular flexibility index (Phi) is 5.99. The maximum Gasteiger partial charge on any atom is 0.232 e. The number of furan rings is 1. The molecule has 1 saturated carbocycles. The number of amidine groups is 1. The van der Waals surface area contributed by atoms with Gasteiger partial charge in [0.2, 0.25) is 10.0 Å². The Labute approximate surface area is 187 Å². The molecule has 8 heteroatoms. The van der Waals surface area contributed by atoms with Crippen LogP contribution in [0, 0.1) is 17.1 Å². The molecule has 1 aliphatic carbocycles. The van der Waals surface area contributed by atoms with Crippen molar-refractivity contribution < 1.29 is 17.2 Å². The first-order valence-electron chi connectivity index (χ1n) is 10.9. The van der Waals surface area contributed by atoms with Crippen LogP contribution >= 0.6 is 0 Å². The van der Waals surface area contributed by atoms with E-state index in [1.165, 1.54) is 12.1 Å². The van der Waals surface area contributed by atoms with Gasteiger partial charge in [0, 0.05) is 17.0 Å². The zero-order chi connectivity index (χ0) is 23.0. The fourth-order valence-electron chi connectivity index (χ4n) is 3.95. The first-order valence-corrected chi connectivity index (χ1v) is 12.5. The Morgan fingerprint density at radius 1 is 1.25 bits per heavy atom. The normalized spacial score (nSPS) is 14.2. The van der Waals surface area contributed by atoms with Crippen LogP contribution in [-0.2, 0) is 10.0 Å². The average Bonchev–Trinajstić information content (AvgIpc) is 3.47. The maximum absolute atomic E-state index is 13.4. The molecule has 1 fully saturated rings. The second kappa shape index (κ2) is 8.58. The highest BCUT2D eigenvalue weighted by Crippen LogP contribution is 2.46. The van der Waals surface area contributed by atoms with Crippen molar-refractivity contribution in [2.75, 3.05) is 10.5 Å². The molecule has 0 aliphatic heterocycles. The number of halogens is 1. The van der Waals surface area contributed by atoms with E-state index in [-0.39, 0.29) is 23.3 Å². The van der Waals surface area contributed by atoms with E-state index in [0.29, 0.717) is 45.9 Å². The van der Waals surface area contributed by atoms with E-state index in [0.717, 1.165) is 24.8 Å². The van der Waals surface area contributed by atoms with E-state index in [2.05, 4.69) is 18.6 Å². The van der Waals surface area contributed by atoms with Crippen LogP contribution < -0.4 is 10.5 Å². The summed E-state index contributed by atoms with van der Waals surface area (Å²) in [6.45, 7) is 4.14. The SMILES string of the molecule is CC(C)CCCS(=O)(=O)Nc1cc2oc(-c3ccc(F)cc3)c(C(=N)N)c2cc1C1CC1. The number of nitrogens with two attached hydrogens (primary N) is 1. The molecule has 0 radical (unpaired) electrons. The summed E-state index contributed by atoms with van der Waals surface area (Å²) < 4.78 is 47.6. The Morgan fingerprint density at radius 3 is 2.53 bits per heavy atom. The Bertz CT molecular complexity index is 1260. The summed E-state index contributed by atoms with van der Waals surface area (Å²) in [5.74, 6) is 0.598. The van der Waals surface area contributed by atoms with Gasteiger partial charge in [0.05, 0.1) is 17.0 Å². The Morgan fingerprint density at radius 2 is 1.94 bits per heavy atom. The predicted molar refractivity (Wildman–Crippen MR) is 126 cm³/mol. The van der Waals surface area contributed by atoms with Gasteiger partial charge in [-0.2, -0.15) is 0 Å². The number of nitrogen functional groups attached to an aromatic ring is 1. The summed E-state index contributed by atoms with van der Waals surface area (Å²) in [7, 11) is -3.50. The average molecular weight is 458 g/mol. The molecule has 0 spiro atoms. The smallest absolute Gasteiger partial charge is 0.232 e. The van der Waals surface area contributed by atoms with E-state index < -0.39 is 10.0 Å². The molecule has 4 N–H and O–H groups in total. The minimum absolute atomic E-state index is 0.0605. The Hall–Kier alpha value is -2.87. The second-order valence-electron chi connectivity index (χ2n) is 8.89. The highest BCUT2D eigenvalue weighted by molar-refractivity contribution is 7.92. The van der Waals surface area contributed by atoms with Crippen LogP contribution in [-0.4, -0.2) is 20.0 Å². The van der Waals surface area contributed by atoms with Gasteiger partial charge in [0.1, 0.15) is 23.0 Å². The molecule has 1 aromatic heterocycles. The third-order valence-electron chi connectivity index (χ3n) is 5.71. The van der Waals surface area contributed by atoms with Gasteiger partial charge in [-0.3, -0.25) is 10.1 Å². The van der Waals surface area contributed by atoms with Gasteiger partial charge in [-0.05, 0) is 73.4 Å². The molecule has 0 atom stereocenters. The van der Waals surface area contributed by atoms with Gasteiger partial charge in [-0.1, -0.05) is 13.8 Å². The van der Waals surface area contributed by atoms with Crippen molar-refractivity contribution in [3.63, 3.8) is 0 Å². The summed E-state index contributed by atoms with van der Waals surface area (Å²) >= 11 is 0. The first kappa shape index (κ1) is 22.3. The molecule has 170 valence electrons. The molecule has 0 amide bonds. The lowest BCUT2D eigenvalue weighted by molar-refractivity contribution is 0.562. The molecule has 0 saturated heterocycles. The topological polar surface area (TPSA) is 109 Å². The third kappa shape index (κ3) is 4.80. The lowest BCUT2D eigenvalue weighted by Crippen LogP contribution is -2.18. The molecule has 4 rings (SSSR count). The number of benzene rings is 2. The minimum atomic E-state index is -3.50. The van der Waals surface area contributed by atoms with Crippen LogP contribution in [0.2, 0.25) is 0 Å². The lowest BCUT2D eigenvalue weighted by atomic mass is 10.0. The van der Waals surface area contributed by atoms with Crippen molar-refractivity contribution in [3.8, 4) is 11.3 Å². The highest BCUT2D eigenvalue weighted by Gasteiger charge is 2.30. The van der Waals surface area contributed by atoms with E-state index in [1.54, 1.807) is 18.2 Å². The molecular weight excluding hydrogens is 429 g/mol. The number of sulfonamides is 1. The second-order valence-corrected chi connectivity index (χ2v) is 10.7. The van der Waals surface area contributed by atoms with Crippen LogP contribution in [0.4, 0.5) is 10.1 Å². The van der Waals surface area contributed by atoms with Crippen molar-refractivity contribution >= 4 is 32.5 Å². The zero-order valence-corrected chi connectivity index (χ0v) is 19.1. The van der Waals surface area contributed by atoms with Gasteiger partial charge < -0.3 is 10.2 Å². The van der Waals surface area contributed by atoms with E-state index in [9.17, 15) is 12.8 Å². The molecular formula is C24H28FN3O3S. The van der Waals surface area contributed by atoms with Crippen molar-refractivity contribution in [3.05, 3.63) is 53.3 Å². The standard InChI is InChI=1S/C24H28FN3O3S/c1-14(2)4-3-11-32(29,30)28-20-13-21-19(12-18(20)15-5-6-15)22(24(26)27)23(31-21)16-7-9-17(25)10-8-16/h7-10,12-15,28H,3-6,11H2,1-2H3,(H3,26,27). The summed E-state index contributed by atoms with van der Waals surface area (Å²) in [6.07, 6.45) is 3.39. The molecule has 6 nitrogen and oxygen atoms in total. The van der Waals surface area contributed by atoms with Crippen molar-refractivity contribution in [2.24, 2.45) is 11.7 Å². The lowest BCUT2D eigenvalue weighted by Gasteiger charge is -2.13. The van der Waals surface area contributed by atoms with Crippen LogP contribution in [0.1, 0.15) is 56.6 Å². The monoisotopic (exact) mass is 457 g/mol. The molecule has 3 aromatic rings. The fourth-order valence-corrected chi connectivity index (χ4v) is 5.11. The van der Waals surface area contributed by atoms with E-state index >= 15 is 0 Å². The molecule has 1 heterocycles. The van der Waals surface area contributed by atoms with Gasteiger partial charge in [-0.15, -0.1) is 0 Å². The molecule has 1 aliphatic rings. The number of nitrogens with one attached hydrogen (secondary N) is 2. The van der Waals surface area contributed by atoms with Crippen molar-refractivity contribution in [1.29, 1.82) is 5.41 Å². The highest BCUT2D eigenvalue weighted by atomic mass is 32.2. The molecule has 2 aromatic carbocycles. The third-order valence-corrected chi connectivity index (χ3v) is 7.07. The van der Waals surface area contributed by atoms with Gasteiger partial charge in [-0.25, -0.2) is 12.8 Å². The van der Waals surface area contributed by atoms with E-state index in [1.807, 2.05) is 6.07 Å². The van der Waals surface area contributed by atoms with Gasteiger partial charge in [0.25, 0.3) is 0 Å². The van der Waals surface area contributed by atoms with Gasteiger partial charge in [0.15, 0.2) is 0 Å². The molecule has 0 unspecified atom stereocenters. The van der Waals surface area contributed by atoms with Gasteiger partial charge >= 0.3 is 0 Å². The summed E-state index contributed by atoms with van der Waals surface area (Å²) in [6, 6.07) is 9.34. The quantitative estimate of drug-likeness (QED) is 0.288. The minimum Gasteiger partial charge on any atom is -0.455 e. The van der Waals surface area contributed by atoms with Crippen molar-refractivity contribution in [2.45, 2.75) is 45.4 Å². The molecule has 32 heavy (non-hydrogen) atoms. The fraction of sp³-hybridized carbons (Fsp3) is 0.375. The largest absolute Gasteiger partial charge is 0.455 e. The number of hydrogen-bond donors (Lipinski definition) is 3. The number of hydrogen-bond acceptors (Lipinski definition) is 4. The predicted octanol–water partition coefficient (Wildman–Crippen LogP) is 5.58. The van der Waals surface area contributed by atoms with Crippen molar-refractivity contribution in [1.82, 2.24) is 0 Å².